The minimum absolute atomic E-state index is 0.176. The Morgan fingerprint density at radius 1 is 1.18 bits per heavy atom. The summed E-state index contributed by atoms with van der Waals surface area (Å²) in [7, 11) is 0. The molecular formula is C13H13FN2O6. The maximum absolute atomic E-state index is 13.9. The van der Waals surface area contributed by atoms with Crippen LogP contribution in [-0.2, 0) is 4.79 Å². The van der Waals surface area contributed by atoms with E-state index in [0.717, 1.165) is 12.1 Å². The van der Waals surface area contributed by atoms with Crippen molar-refractivity contribution in [2.75, 3.05) is 0 Å². The summed E-state index contributed by atoms with van der Waals surface area (Å²) in [6, 6.07) is 2.20. The van der Waals surface area contributed by atoms with E-state index in [-0.39, 0.29) is 12.3 Å². The van der Waals surface area contributed by atoms with Crippen LogP contribution in [0.15, 0.2) is 18.2 Å². The standard InChI is InChI=1S/C13H13FN2O6/c1-7(2)5-11(17)12(14)13(18)9-4-3-8(15(19)20)6-10(9)16(21)22/h3-4,6-7,12H,5H2,1-2H3. The highest BCUT2D eigenvalue weighted by atomic mass is 19.1. The Labute approximate surface area is 124 Å². The van der Waals surface area contributed by atoms with E-state index in [1.165, 1.54) is 0 Å². The minimum atomic E-state index is -2.53. The Kier molecular flexibility index (Phi) is 5.39. The van der Waals surface area contributed by atoms with Gasteiger partial charge in [0.1, 0.15) is 0 Å². The van der Waals surface area contributed by atoms with Crippen LogP contribution in [0.3, 0.4) is 0 Å². The number of nitro groups is 2. The predicted octanol–water partition coefficient (Wildman–Crippen LogP) is 2.64. The molecule has 0 N–H and O–H groups in total. The number of rotatable bonds is 7. The van der Waals surface area contributed by atoms with Crippen molar-refractivity contribution in [2.45, 2.75) is 26.4 Å². The van der Waals surface area contributed by atoms with Crippen molar-refractivity contribution < 1.29 is 23.8 Å². The van der Waals surface area contributed by atoms with Gasteiger partial charge < -0.3 is 0 Å². The third kappa shape index (κ3) is 3.90. The van der Waals surface area contributed by atoms with Crippen molar-refractivity contribution in [1.82, 2.24) is 0 Å². The summed E-state index contributed by atoms with van der Waals surface area (Å²) in [4.78, 5) is 43.0. The molecule has 8 nitrogen and oxygen atoms in total. The number of ketones is 2. The first-order valence-electron chi connectivity index (χ1n) is 6.29. The molecule has 118 valence electrons. The fourth-order valence-corrected chi connectivity index (χ4v) is 1.78. The number of hydrogen-bond donors (Lipinski definition) is 0. The van der Waals surface area contributed by atoms with Crippen LogP contribution in [0.1, 0.15) is 30.6 Å². The normalized spacial score (nSPS) is 12.0. The van der Waals surface area contributed by atoms with E-state index in [1.54, 1.807) is 13.8 Å². The summed E-state index contributed by atoms with van der Waals surface area (Å²) in [5.41, 5.74) is -2.17. The second-order valence-electron chi connectivity index (χ2n) is 5.01. The third-order valence-electron chi connectivity index (χ3n) is 2.78. The van der Waals surface area contributed by atoms with Crippen molar-refractivity contribution in [2.24, 2.45) is 5.92 Å². The molecule has 1 aromatic rings. The number of hydrogen-bond acceptors (Lipinski definition) is 6. The lowest BCUT2D eigenvalue weighted by Crippen LogP contribution is -2.27. The van der Waals surface area contributed by atoms with Gasteiger partial charge in [-0.2, -0.15) is 0 Å². The van der Waals surface area contributed by atoms with Gasteiger partial charge in [-0.25, -0.2) is 4.39 Å². The number of non-ortho nitro benzene ring substituents is 1. The number of halogens is 1. The molecule has 1 aromatic carbocycles. The quantitative estimate of drug-likeness (QED) is 0.330. The van der Waals surface area contributed by atoms with Gasteiger partial charge in [-0.3, -0.25) is 29.8 Å². The molecule has 9 heteroatoms. The second-order valence-corrected chi connectivity index (χ2v) is 5.01. The number of Topliss-reactive ketones (excluding diaryl/α,β-unsaturated/α-hetero) is 2. The highest BCUT2D eigenvalue weighted by Gasteiger charge is 2.33. The van der Waals surface area contributed by atoms with Crippen molar-refractivity contribution in [1.29, 1.82) is 0 Å². The first-order valence-corrected chi connectivity index (χ1v) is 6.29. The van der Waals surface area contributed by atoms with E-state index >= 15 is 0 Å². The van der Waals surface area contributed by atoms with E-state index in [4.69, 9.17) is 0 Å². The SMILES string of the molecule is CC(C)CC(=O)C(F)C(=O)c1ccc([N+](=O)[O-])cc1[N+](=O)[O-]. The summed E-state index contributed by atoms with van der Waals surface area (Å²) < 4.78 is 13.9. The minimum Gasteiger partial charge on any atom is -0.296 e. The van der Waals surface area contributed by atoms with E-state index in [0.29, 0.717) is 6.07 Å². The molecule has 0 fully saturated rings. The zero-order chi connectivity index (χ0) is 17.0. The molecule has 0 aromatic heterocycles. The van der Waals surface area contributed by atoms with Gasteiger partial charge in [0.25, 0.3) is 11.4 Å². The number of nitro benzene ring substituents is 2. The van der Waals surface area contributed by atoms with E-state index in [9.17, 15) is 34.2 Å². The number of carbonyl (C=O) groups is 2. The first kappa shape index (κ1) is 17.3. The zero-order valence-electron chi connectivity index (χ0n) is 11.8. The number of alkyl halides is 1. The molecular weight excluding hydrogens is 299 g/mol. The van der Waals surface area contributed by atoms with Crippen LogP contribution < -0.4 is 0 Å². The molecule has 0 heterocycles. The molecule has 0 bridgehead atoms. The van der Waals surface area contributed by atoms with E-state index in [1.807, 2.05) is 0 Å². The van der Waals surface area contributed by atoms with Crippen LogP contribution in [0.4, 0.5) is 15.8 Å². The Morgan fingerprint density at radius 2 is 1.77 bits per heavy atom. The zero-order valence-corrected chi connectivity index (χ0v) is 11.8. The summed E-state index contributed by atoms with van der Waals surface area (Å²) in [6.07, 6.45) is -2.71. The summed E-state index contributed by atoms with van der Waals surface area (Å²) >= 11 is 0. The molecule has 0 aliphatic carbocycles. The van der Waals surface area contributed by atoms with Crippen molar-refractivity contribution in [3.8, 4) is 0 Å². The fourth-order valence-electron chi connectivity index (χ4n) is 1.78. The van der Waals surface area contributed by atoms with Crippen LogP contribution in [0.2, 0.25) is 0 Å². The highest BCUT2D eigenvalue weighted by Crippen LogP contribution is 2.26. The number of nitrogens with zero attached hydrogens (tertiary/aromatic N) is 2. The van der Waals surface area contributed by atoms with Crippen molar-refractivity contribution >= 4 is 22.9 Å². The van der Waals surface area contributed by atoms with Crippen LogP contribution in [-0.4, -0.2) is 27.6 Å². The van der Waals surface area contributed by atoms with Gasteiger partial charge in [-0.05, 0) is 12.0 Å². The van der Waals surface area contributed by atoms with Crippen LogP contribution >= 0.6 is 0 Å². The molecule has 1 unspecified atom stereocenters. The second kappa shape index (κ2) is 6.83. The molecule has 0 radical (unpaired) electrons. The Bertz CT molecular complexity index is 643. The Hall–Kier alpha value is -2.71. The highest BCUT2D eigenvalue weighted by molar-refractivity contribution is 6.15. The molecule has 0 aliphatic rings. The lowest BCUT2D eigenvalue weighted by atomic mass is 9.97. The fraction of sp³-hybridized carbons (Fsp3) is 0.385. The van der Waals surface area contributed by atoms with Gasteiger partial charge in [-0.1, -0.05) is 13.8 Å². The maximum atomic E-state index is 13.9. The van der Waals surface area contributed by atoms with Gasteiger partial charge >= 0.3 is 0 Å². The lowest BCUT2D eigenvalue weighted by Gasteiger charge is -2.08. The van der Waals surface area contributed by atoms with Crippen LogP contribution in [0, 0.1) is 26.1 Å². The molecule has 1 rings (SSSR count). The largest absolute Gasteiger partial charge is 0.296 e. The molecule has 0 saturated carbocycles. The number of carbonyl (C=O) groups excluding carboxylic acids is 2. The van der Waals surface area contributed by atoms with Gasteiger partial charge in [0.2, 0.25) is 12.0 Å². The monoisotopic (exact) mass is 312 g/mol. The smallest absolute Gasteiger partial charge is 0.287 e. The van der Waals surface area contributed by atoms with E-state index < -0.39 is 44.5 Å². The molecule has 0 saturated heterocycles. The summed E-state index contributed by atoms with van der Waals surface area (Å²) in [6.45, 7) is 3.31. The first-order chi connectivity index (χ1) is 10.1. The molecule has 0 amide bonds. The van der Waals surface area contributed by atoms with Crippen LogP contribution in [0.25, 0.3) is 0 Å². The summed E-state index contributed by atoms with van der Waals surface area (Å²) in [5, 5.41) is 21.5. The molecule has 22 heavy (non-hydrogen) atoms. The van der Waals surface area contributed by atoms with Crippen molar-refractivity contribution in [3.63, 3.8) is 0 Å². The summed E-state index contributed by atoms with van der Waals surface area (Å²) in [5.74, 6) is -2.52. The van der Waals surface area contributed by atoms with Crippen molar-refractivity contribution in [3.05, 3.63) is 44.0 Å². The van der Waals surface area contributed by atoms with E-state index in [2.05, 4.69) is 0 Å². The van der Waals surface area contributed by atoms with Gasteiger partial charge in [0.05, 0.1) is 21.5 Å². The maximum Gasteiger partial charge on any atom is 0.287 e. The average molecular weight is 312 g/mol. The topological polar surface area (TPSA) is 120 Å². The third-order valence-corrected chi connectivity index (χ3v) is 2.78. The Balaban J connectivity index is 3.20. The molecule has 0 aliphatic heterocycles. The predicted molar refractivity (Wildman–Crippen MR) is 73.4 cm³/mol. The van der Waals surface area contributed by atoms with Crippen LogP contribution in [0.5, 0.6) is 0 Å². The molecule has 0 spiro atoms. The average Bonchev–Trinajstić information content (AvgIpc) is 2.44. The molecule has 1 atom stereocenters. The lowest BCUT2D eigenvalue weighted by molar-refractivity contribution is -0.394. The Morgan fingerprint density at radius 3 is 2.23 bits per heavy atom. The number of benzene rings is 1. The van der Waals surface area contributed by atoms with Gasteiger partial charge in [0, 0.05) is 12.5 Å². The van der Waals surface area contributed by atoms with Gasteiger partial charge in [-0.15, -0.1) is 0 Å². The van der Waals surface area contributed by atoms with Gasteiger partial charge in [0.15, 0.2) is 5.78 Å².